The van der Waals surface area contributed by atoms with Crippen LogP contribution in [0.5, 0.6) is 0 Å². The normalized spacial score (nSPS) is 48.3. The number of carbonyl (C=O) groups excluding carboxylic acids is 1. The van der Waals surface area contributed by atoms with Gasteiger partial charge in [0.25, 0.3) is 0 Å². The lowest BCUT2D eigenvalue weighted by Gasteiger charge is -2.48. The topological polar surface area (TPSA) is 514 Å². The Morgan fingerprint density at radius 3 is 0.925 bits per heavy atom. The van der Waals surface area contributed by atoms with E-state index in [2.05, 4.69) is 0 Å². The summed E-state index contributed by atoms with van der Waals surface area (Å²) >= 11 is 0. The second kappa shape index (κ2) is 24.7. The van der Waals surface area contributed by atoms with Crippen LogP contribution >= 0.6 is 0 Å². The van der Waals surface area contributed by atoms with Crippen molar-refractivity contribution in [3.05, 3.63) is 0 Å². The van der Waals surface area contributed by atoms with E-state index in [1.807, 2.05) is 0 Å². The number of hydrogen-bond acceptors (Lipinski definition) is 31. The summed E-state index contributed by atoms with van der Waals surface area (Å²) in [6, 6.07) is 0. The van der Waals surface area contributed by atoms with Gasteiger partial charge in [-0.1, -0.05) is 0 Å². The fraction of sp³-hybridized carbons (Fsp3) is 0.972. The van der Waals surface area contributed by atoms with Crippen LogP contribution < -0.4 is 0 Å². The summed E-state index contributed by atoms with van der Waals surface area (Å²) in [5, 5.41) is 210. The second-order valence-electron chi connectivity index (χ2n) is 16.4. The van der Waals surface area contributed by atoms with Crippen LogP contribution in [0, 0.1) is 0 Å². The molecule has 0 amide bonds. The highest BCUT2D eigenvalue weighted by molar-refractivity contribution is 5.57. The summed E-state index contributed by atoms with van der Waals surface area (Å²) in [7, 11) is 0. The average molecular weight is 991 g/mol. The van der Waals surface area contributed by atoms with E-state index in [0.29, 0.717) is 0 Å². The Morgan fingerprint density at radius 1 is 0.343 bits per heavy atom. The van der Waals surface area contributed by atoms with Crippen molar-refractivity contribution >= 4 is 6.29 Å². The van der Waals surface area contributed by atoms with E-state index < -0.39 is 218 Å². The third-order valence-corrected chi connectivity index (χ3v) is 12.0. The molecule has 5 fully saturated rings. The standard InChI is InChI=1S/C36H62O31/c37-1-8-15(43)20(48)25(53)32(59-8)58-7-14(65-34-27(55)22(50)17(45)10(3-39)61-34)31(67-36-29(57)24(52)19(47)12(5-41)63-36)30(66-35-28(56)23(51)18(46)11(4-40)62-35)13(6-42)64-33-26(54)21(49)16(44)9(2-38)60-33/h6,8-41,43-57H,1-5,7H2/t8-,9-,10-,11+,12-,13+,14-,15-,16+,17-,18+,19+,20-,21+,22+,23+,24-,25+,26+,27+,28-,29+,30+,31-,32-,33+,34+,35+,36+/m1/s1. The van der Waals surface area contributed by atoms with Gasteiger partial charge in [-0.25, -0.2) is 0 Å². The lowest BCUT2D eigenvalue weighted by molar-refractivity contribution is -0.378. The Morgan fingerprint density at radius 2 is 0.612 bits per heavy atom. The molecule has 20 N–H and O–H groups in total. The molecule has 5 saturated heterocycles. The van der Waals surface area contributed by atoms with Gasteiger partial charge in [0.1, 0.15) is 146 Å². The molecule has 0 unspecified atom stereocenters. The molecule has 5 aliphatic rings. The van der Waals surface area contributed by atoms with Crippen LogP contribution in [0.25, 0.3) is 0 Å². The summed E-state index contributed by atoms with van der Waals surface area (Å²) in [4.78, 5) is 13.3. The molecule has 0 aromatic heterocycles. The van der Waals surface area contributed by atoms with Crippen molar-refractivity contribution in [1.82, 2.24) is 0 Å². The molecular weight excluding hydrogens is 928 g/mol. The largest absolute Gasteiger partial charge is 0.394 e. The molecular formula is C36H62O31. The number of rotatable bonds is 20. The number of aliphatic hydroxyl groups is 20. The van der Waals surface area contributed by atoms with Gasteiger partial charge in [-0.2, -0.15) is 0 Å². The molecule has 5 heterocycles. The molecule has 0 aromatic carbocycles. The van der Waals surface area contributed by atoms with Crippen molar-refractivity contribution in [1.29, 1.82) is 0 Å². The van der Waals surface area contributed by atoms with Crippen molar-refractivity contribution in [2.45, 2.75) is 178 Å². The minimum absolute atomic E-state index is 0.150. The lowest BCUT2D eigenvalue weighted by atomic mass is 9.96. The van der Waals surface area contributed by atoms with Crippen LogP contribution in [0.15, 0.2) is 0 Å². The molecule has 392 valence electrons. The summed E-state index contributed by atoms with van der Waals surface area (Å²) in [5.41, 5.74) is 0. The SMILES string of the molecule is O=C[C@H](O[C@@H]1O[C@H](CO)[C@H](O)[C@H](O)[C@@H]1O)[C@H](O[C@@H]1O[C@@H](CO)[C@H](O)[C@H](O)[C@H]1O)[C@H](O[C@@H]1O[C@H](CO)[C@H](O)[C@@H](O)[C@@H]1O)[C@@H](CO[C@@H]1O[C@H](CO)[C@@H](O)[C@@H](O)[C@@H]1O)O[C@@H]1O[C@H](CO)[C@@H](O)[C@H](O)[C@@H]1O. The van der Waals surface area contributed by atoms with E-state index in [-0.39, 0.29) is 6.29 Å². The van der Waals surface area contributed by atoms with Crippen molar-refractivity contribution in [2.75, 3.05) is 39.6 Å². The van der Waals surface area contributed by atoms with E-state index in [1.165, 1.54) is 0 Å². The zero-order valence-electron chi connectivity index (χ0n) is 35.0. The molecule has 29 atom stereocenters. The fourth-order valence-electron chi connectivity index (χ4n) is 7.87. The molecule has 0 aromatic rings. The number of hydrogen-bond donors (Lipinski definition) is 20. The number of carbonyl (C=O) groups is 1. The molecule has 5 aliphatic heterocycles. The van der Waals surface area contributed by atoms with Gasteiger partial charge in [0.15, 0.2) is 37.7 Å². The molecule has 0 saturated carbocycles. The van der Waals surface area contributed by atoms with E-state index in [9.17, 15) is 107 Å². The van der Waals surface area contributed by atoms with Gasteiger partial charge in [-0.05, 0) is 0 Å². The highest BCUT2D eigenvalue weighted by Gasteiger charge is 2.55. The Bertz CT molecular complexity index is 1480. The highest BCUT2D eigenvalue weighted by Crippen LogP contribution is 2.34. The van der Waals surface area contributed by atoms with Crippen molar-refractivity contribution in [3.8, 4) is 0 Å². The van der Waals surface area contributed by atoms with Crippen molar-refractivity contribution < 1.29 is 154 Å². The molecule has 0 bridgehead atoms. The quantitative estimate of drug-likeness (QED) is 0.0504. The first kappa shape index (κ1) is 56.4. The van der Waals surface area contributed by atoms with Gasteiger partial charge in [0, 0.05) is 0 Å². The third-order valence-electron chi connectivity index (χ3n) is 12.0. The molecule has 0 spiro atoms. The first-order valence-electron chi connectivity index (χ1n) is 20.9. The van der Waals surface area contributed by atoms with Crippen molar-refractivity contribution in [2.24, 2.45) is 0 Å². The van der Waals surface area contributed by atoms with Crippen molar-refractivity contribution in [3.63, 3.8) is 0 Å². The smallest absolute Gasteiger partial charge is 0.187 e. The van der Waals surface area contributed by atoms with Gasteiger partial charge in [-0.3, -0.25) is 0 Å². The Hall–Kier alpha value is -1.53. The molecule has 0 aliphatic carbocycles. The minimum Gasteiger partial charge on any atom is -0.394 e. The average Bonchev–Trinajstić information content (AvgIpc) is 3.32. The lowest BCUT2D eigenvalue weighted by Crippen LogP contribution is -2.66. The van der Waals surface area contributed by atoms with Gasteiger partial charge < -0.3 is 154 Å². The Labute approximate surface area is 378 Å². The van der Waals surface area contributed by atoms with E-state index >= 15 is 0 Å². The summed E-state index contributed by atoms with van der Waals surface area (Å²) < 4.78 is 56.8. The summed E-state index contributed by atoms with van der Waals surface area (Å²) in [6.45, 7) is -6.47. The predicted molar refractivity (Wildman–Crippen MR) is 200 cm³/mol. The van der Waals surface area contributed by atoms with E-state index in [0.717, 1.165) is 0 Å². The molecule has 5 rings (SSSR count). The predicted octanol–water partition coefficient (Wildman–Crippen LogP) is -14.3. The maximum Gasteiger partial charge on any atom is 0.187 e. The summed E-state index contributed by atoms with van der Waals surface area (Å²) in [5.74, 6) is 0. The number of ether oxygens (including phenoxy) is 10. The van der Waals surface area contributed by atoms with Crippen LogP contribution in [0.1, 0.15) is 0 Å². The van der Waals surface area contributed by atoms with Gasteiger partial charge in [-0.15, -0.1) is 0 Å². The zero-order chi connectivity index (χ0) is 49.8. The molecule has 67 heavy (non-hydrogen) atoms. The van der Waals surface area contributed by atoms with Crippen LogP contribution in [-0.2, 0) is 52.2 Å². The van der Waals surface area contributed by atoms with Gasteiger partial charge >= 0.3 is 0 Å². The Kier molecular flexibility index (Phi) is 20.8. The molecule has 31 nitrogen and oxygen atoms in total. The second-order valence-corrected chi connectivity index (χ2v) is 16.4. The number of aliphatic hydroxyl groups excluding tert-OH is 20. The van der Waals surface area contributed by atoms with E-state index in [1.54, 1.807) is 0 Å². The monoisotopic (exact) mass is 990 g/mol. The van der Waals surface area contributed by atoms with Crippen LogP contribution in [-0.4, -0.2) is 326 Å². The van der Waals surface area contributed by atoms with Crippen LogP contribution in [0.3, 0.4) is 0 Å². The third kappa shape index (κ3) is 12.2. The first-order chi connectivity index (χ1) is 31.7. The zero-order valence-corrected chi connectivity index (χ0v) is 35.0. The van der Waals surface area contributed by atoms with Crippen LogP contribution in [0.4, 0.5) is 0 Å². The van der Waals surface area contributed by atoms with Gasteiger partial charge in [0.2, 0.25) is 0 Å². The van der Waals surface area contributed by atoms with Crippen LogP contribution in [0.2, 0.25) is 0 Å². The molecule has 0 radical (unpaired) electrons. The highest BCUT2D eigenvalue weighted by atomic mass is 16.8. The number of aldehydes is 1. The maximum absolute atomic E-state index is 13.3. The van der Waals surface area contributed by atoms with E-state index in [4.69, 9.17) is 47.4 Å². The fourth-order valence-corrected chi connectivity index (χ4v) is 7.87. The first-order valence-corrected chi connectivity index (χ1v) is 20.9. The Balaban J connectivity index is 1.69. The summed E-state index contributed by atoms with van der Waals surface area (Å²) in [6.07, 6.45) is -62.3. The molecule has 31 heteroatoms. The maximum atomic E-state index is 13.3. The van der Waals surface area contributed by atoms with Gasteiger partial charge in [0.05, 0.1) is 39.6 Å². The minimum atomic E-state index is -2.54.